The molecule has 0 fully saturated rings. The summed E-state index contributed by atoms with van der Waals surface area (Å²) in [7, 11) is 0. The molecule has 19 heavy (non-hydrogen) atoms. The van der Waals surface area contributed by atoms with Crippen molar-refractivity contribution in [2.24, 2.45) is 5.73 Å². The van der Waals surface area contributed by atoms with Crippen molar-refractivity contribution in [3.63, 3.8) is 0 Å². The minimum atomic E-state index is 0.179. The Morgan fingerprint density at radius 3 is 2.74 bits per heavy atom. The zero-order chi connectivity index (χ0) is 13.5. The van der Waals surface area contributed by atoms with E-state index < -0.39 is 0 Å². The molecule has 1 unspecified atom stereocenters. The molecule has 0 aliphatic rings. The smallest absolute Gasteiger partial charge is 0.122 e. The number of nitrogens with two attached hydrogens (primary N) is 1. The van der Waals surface area contributed by atoms with Gasteiger partial charge in [0, 0.05) is 24.9 Å². The van der Waals surface area contributed by atoms with Crippen LogP contribution in [0.25, 0.3) is 0 Å². The first kappa shape index (κ1) is 13.6. The van der Waals surface area contributed by atoms with Crippen molar-refractivity contribution in [3.05, 3.63) is 59.9 Å². The summed E-state index contributed by atoms with van der Waals surface area (Å²) in [5.74, 6) is 1.13. The Hall–Kier alpha value is -1.87. The number of para-hydroxylation sites is 1. The number of pyridine rings is 1. The van der Waals surface area contributed by atoms with E-state index >= 15 is 0 Å². The Morgan fingerprint density at radius 2 is 2.05 bits per heavy atom. The zero-order valence-corrected chi connectivity index (χ0v) is 11.3. The Labute approximate surface area is 114 Å². The summed E-state index contributed by atoms with van der Waals surface area (Å²) in [4.78, 5) is 4.13. The van der Waals surface area contributed by atoms with Crippen LogP contribution in [0.15, 0.2) is 48.8 Å². The summed E-state index contributed by atoms with van der Waals surface area (Å²) < 4.78 is 5.93. The van der Waals surface area contributed by atoms with Crippen LogP contribution in [0.3, 0.4) is 0 Å². The fourth-order valence-electron chi connectivity index (χ4n) is 2.04. The van der Waals surface area contributed by atoms with Crippen molar-refractivity contribution in [1.29, 1.82) is 0 Å². The van der Waals surface area contributed by atoms with Crippen LogP contribution in [0, 0.1) is 0 Å². The lowest BCUT2D eigenvalue weighted by Gasteiger charge is -2.17. The van der Waals surface area contributed by atoms with E-state index in [1.165, 1.54) is 5.56 Å². The van der Waals surface area contributed by atoms with Gasteiger partial charge in [-0.3, -0.25) is 4.98 Å². The maximum Gasteiger partial charge on any atom is 0.122 e. The summed E-state index contributed by atoms with van der Waals surface area (Å²) in [5, 5.41) is 0. The van der Waals surface area contributed by atoms with Crippen molar-refractivity contribution >= 4 is 0 Å². The van der Waals surface area contributed by atoms with Crippen LogP contribution in [-0.2, 0) is 6.42 Å². The second-order valence-electron chi connectivity index (χ2n) is 4.49. The number of hydrogen-bond acceptors (Lipinski definition) is 3. The molecular weight excluding hydrogens is 236 g/mol. The number of nitrogens with zero attached hydrogens (tertiary/aromatic N) is 1. The number of aryl methyl sites for hydroxylation is 1. The molecule has 0 aliphatic heterocycles. The molecule has 1 atom stereocenters. The minimum absolute atomic E-state index is 0.179. The molecular formula is C16H20N2O. The molecule has 1 heterocycles. The standard InChI is InChI=1S/C16H20N2O/c1-2-13-6-3-4-8-16(13)19-12-15(10-17)14-7-5-9-18-11-14/h3-9,11,15H,2,10,12,17H2,1H3. The third-order valence-corrected chi connectivity index (χ3v) is 3.23. The van der Waals surface area contributed by atoms with Crippen LogP contribution < -0.4 is 10.5 Å². The summed E-state index contributed by atoms with van der Waals surface area (Å²) in [6, 6.07) is 12.1. The second kappa shape index (κ2) is 6.90. The fraction of sp³-hybridized carbons (Fsp3) is 0.312. The Bertz CT molecular complexity index is 499. The number of ether oxygens (including phenoxy) is 1. The number of hydrogen-bond donors (Lipinski definition) is 1. The van der Waals surface area contributed by atoms with Gasteiger partial charge in [0.05, 0.1) is 6.61 Å². The second-order valence-corrected chi connectivity index (χ2v) is 4.49. The third-order valence-electron chi connectivity index (χ3n) is 3.23. The molecule has 2 N–H and O–H groups in total. The molecule has 100 valence electrons. The molecule has 0 saturated heterocycles. The Balaban J connectivity index is 2.04. The predicted octanol–water partition coefficient (Wildman–Crippen LogP) is 2.77. The van der Waals surface area contributed by atoms with Gasteiger partial charge in [0.15, 0.2) is 0 Å². The first-order chi connectivity index (χ1) is 9.35. The van der Waals surface area contributed by atoms with Gasteiger partial charge in [-0.1, -0.05) is 31.2 Å². The number of rotatable bonds is 6. The van der Waals surface area contributed by atoms with Gasteiger partial charge in [-0.25, -0.2) is 0 Å². The molecule has 0 saturated carbocycles. The maximum atomic E-state index is 5.93. The molecule has 3 nitrogen and oxygen atoms in total. The van der Waals surface area contributed by atoms with Crippen molar-refractivity contribution in [3.8, 4) is 5.75 Å². The van der Waals surface area contributed by atoms with Crippen LogP contribution in [-0.4, -0.2) is 18.1 Å². The third kappa shape index (κ3) is 3.55. The summed E-state index contributed by atoms with van der Waals surface area (Å²) in [6.45, 7) is 3.27. The van der Waals surface area contributed by atoms with Crippen LogP contribution in [0.1, 0.15) is 24.0 Å². The highest BCUT2D eigenvalue weighted by Gasteiger charge is 2.11. The highest BCUT2D eigenvalue weighted by Crippen LogP contribution is 2.21. The van der Waals surface area contributed by atoms with Crippen molar-refractivity contribution < 1.29 is 4.74 Å². The zero-order valence-electron chi connectivity index (χ0n) is 11.3. The maximum absolute atomic E-state index is 5.93. The van der Waals surface area contributed by atoms with Gasteiger partial charge >= 0.3 is 0 Å². The quantitative estimate of drug-likeness (QED) is 0.864. The van der Waals surface area contributed by atoms with E-state index in [9.17, 15) is 0 Å². The van der Waals surface area contributed by atoms with Crippen LogP contribution in [0.2, 0.25) is 0 Å². The molecule has 0 bridgehead atoms. The largest absolute Gasteiger partial charge is 0.493 e. The highest BCUT2D eigenvalue weighted by molar-refractivity contribution is 5.33. The molecule has 0 radical (unpaired) electrons. The van der Waals surface area contributed by atoms with Crippen LogP contribution in [0.4, 0.5) is 0 Å². The monoisotopic (exact) mass is 256 g/mol. The van der Waals surface area contributed by atoms with E-state index in [1.807, 2.05) is 36.5 Å². The lowest BCUT2D eigenvalue weighted by Crippen LogP contribution is -2.20. The predicted molar refractivity (Wildman–Crippen MR) is 77.3 cm³/mol. The van der Waals surface area contributed by atoms with E-state index in [-0.39, 0.29) is 5.92 Å². The SMILES string of the molecule is CCc1ccccc1OCC(CN)c1cccnc1. The molecule has 1 aromatic carbocycles. The lowest BCUT2D eigenvalue weighted by molar-refractivity contribution is 0.287. The topological polar surface area (TPSA) is 48.1 Å². The summed E-state index contributed by atoms with van der Waals surface area (Å²) >= 11 is 0. The van der Waals surface area contributed by atoms with E-state index in [2.05, 4.69) is 18.0 Å². The van der Waals surface area contributed by atoms with Gasteiger partial charge in [-0.2, -0.15) is 0 Å². The van der Waals surface area contributed by atoms with E-state index in [0.29, 0.717) is 13.2 Å². The van der Waals surface area contributed by atoms with Gasteiger partial charge in [0.25, 0.3) is 0 Å². The first-order valence-corrected chi connectivity index (χ1v) is 6.65. The molecule has 0 amide bonds. The summed E-state index contributed by atoms with van der Waals surface area (Å²) in [5.41, 5.74) is 8.18. The fourth-order valence-corrected chi connectivity index (χ4v) is 2.04. The van der Waals surface area contributed by atoms with E-state index in [4.69, 9.17) is 10.5 Å². The Morgan fingerprint density at radius 1 is 1.21 bits per heavy atom. The van der Waals surface area contributed by atoms with Crippen LogP contribution in [0.5, 0.6) is 5.75 Å². The Kier molecular flexibility index (Phi) is 4.93. The average Bonchev–Trinajstić information content (AvgIpc) is 2.49. The average molecular weight is 256 g/mol. The molecule has 0 spiro atoms. The minimum Gasteiger partial charge on any atom is -0.493 e. The number of benzene rings is 1. The molecule has 0 aliphatic carbocycles. The van der Waals surface area contributed by atoms with E-state index in [0.717, 1.165) is 17.7 Å². The van der Waals surface area contributed by atoms with Gasteiger partial charge in [0.1, 0.15) is 5.75 Å². The van der Waals surface area contributed by atoms with Crippen molar-refractivity contribution in [1.82, 2.24) is 4.98 Å². The van der Waals surface area contributed by atoms with Gasteiger partial charge in [0.2, 0.25) is 0 Å². The first-order valence-electron chi connectivity index (χ1n) is 6.65. The molecule has 2 aromatic rings. The van der Waals surface area contributed by atoms with E-state index in [1.54, 1.807) is 6.20 Å². The van der Waals surface area contributed by atoms with Crippen molar-refractivity contribution in [2.75, 3.05) is 13.2 Å². The van der Waals surface area contributed by atoms with Gasteiger partial charge in [-0.05, 0) is 29.7 Å². The van der Waals surface area contributed by atoms with Gasteiger partial charge in [-0.15, -0.1) is 0 Å². The lowest BCUT2D eigenvalue weighted by atomic mass is 10.0. The molecule has 1 aromatic heterocycles. The normalized spacial score (nSPS) is 12.1. The molecule has 3 heteroatoms. The molecule has 2 rings (SSSR count). The van der Waals surface area contributed by atoms with Crippen LogP contribution >= 0.6 is 0 Å². The van der Waals surface area contributed by atoms with Gasteiger partial charge < -0.3 is 10.5 Å². The summed E-state index contributed by atoms with van der Waals surface area (Å²) in [6.07, 6.45) is 4.59. The highest BCUT2D eigenvalue weighted by atomic mass is 16.5. The number of aromatic nitrogens is 1. The van der Waals surface area contributed by atoms with Crippen molar-refractivity contribution in [2.45, 2.75) is 19.3 Å².